The van der Waals surface area contributed by atoms with Crippen LogP contribution in [0.15, 0.2) is 36.4 Å². The van der Waals surface area contributed by atoms with Gasteiger partial charge in [-0.15, -0.1) is 0 Å². The van der Waals surface area contributed by atoms with Crippen molar-refractivity contribution in [2.75, 3.05) is 20.2 Å². The van der Waals surface area contributed by atoms with Crippen LogP contribution in [0.3, 0.4) is 0 Å². The zero-order valence-corrected chi connectivity index (χ0v) is 12.1. The lowest BCUT2D eigenvalue weighted by Crippen LogP contribution is -2.40. The summed E-state index contributed by atoms with van der Waals surface area (Å²) in [6, 6.07) is 11.1. The summed E-state index contributed by atoms with van der Waals surface area (Å²) in [5, 5.41) is 12.0. The molecule has 3 rings (SSSR count). The topological polar surface area (TPSA) is 49.8 Å². The number of fused-ring (bicyclic) bond motifs is 1. The van der Waals surface area contributed by atoms with Crippen LogP contribution in [0.2, 0.25) is 0 Å². The largest absolute Gasteiger partial charge is 0.507 e. The van der Waals surface area contributed by atoms with E-state index in [0.29, 0.717) is 18.7 Å². The van der Waals surface area contributed by atoms with Gasteiger partial charge >= 0.3 is 0 Å². The maximum atomic E-state index is 12.6. The smallest absolute Gasteiger partial charge is 0.257 e. The van der Waals surface area contributed by atoms with Crippen LogP contribution in [0.4, 0.5) is 0 Å². The van der Waals surface area contributed by atoms with Gasteiger partial charge in [-0.1, -0.05) is 24.3 Å². The molecule has 1 N–H and O–H groups in total. The lowest BCUT2D eigenvalue weighted by atomic mass is 10.0. The molecule has 2 aromatic rings. The molecular weight excluding hydrogens is 266 g/mol. The lowest BCUT2D eigenvalue weighted by molar-refractivity contribution is 0.0349. The van der Waals surface area contributed by atoms with Crippen LogP contribution in [-0.4, -0.2) is 42.2 Å². The second kappa shape index (κ2) is 5.74. The molecule has 0 spiro atoms. The van der Waals surface area contributed by atoms with Gasteiger partial charge in [-0.05, 0) is 35.7 Å². The molecule has 1 fully saturated rings. The fourth-order valence-corrected chi connectivity index (χ4v) is 2.86. The highest BCUT2D eigenvalue weighted by Crippen LogP contribution is 2.27. The van der Waals surface area contributed by atoms with Crippen LogP contribution in [0.25, 0.3) is 10.8 Å². The second-order valence-electron chi connectivity index (χ2n) is 5.44. The molecule has 0 aromatic heterocycles. The number of nitrogens with zero attached hydrogens (tertiary/aromatic N) is 1. The number of phenols is 1. The molecule has 0 saturated carbocycles. The monoisotopic (exact) mass is 285 g/mol. The van der Waals surface area contributed by atoms with Crippen LogP contribution in [-0.2, 0) is 4.74 Å². The van der Waals surface area contributed by atoms with Crippen molar-refractivity contribution in [2.24, 2.45) is 0 Å². The molecule has 1 amide bonds. The average molecular weight is 285 g/mol. The van der Waals surface area contributed by atoms with Gasteiger partial charge in [0.1, 0.15) is 5.75 Å². The Balaban J connectivity index is 1.86. The molecule has 110 valence electrons. The molecular formula is C17H19NO3. The highest BCUT2D eigenvalue weighted by Gasteiger charge is 2.25. The van der Waals surface area contributed by atoms with Crippen LogP contribution in [0, 0.1) is 0 Å². The van der Waals surface area contributed by atoms with Crippen LogP contribution >= 0.6 is 0 Å². The number of likely N-dealkylation sites (tertiary alicyclic amines) is 1. The zero-order chi connectivity index (χ0) is 14.8. The molecule has 0 atom stereocenters. The highest BCUT2D eigenvalue weighted by atomic mass is 16.5. The fourth-order valence-electron chi connectivity index (χ4n) is 2.86. The van der Waals surface area contributed by atoms with E-state index in [-0.39, 0.29) is 17.8 Å². The number of benzene rings is 2. The van der Waals surface area contributed by atoms with Crippen molar-refractivity contribution >= 4 is 16.7 Å². The molecule has 1 saturated heterocycles. The van der Waals surface area contributed by atoms with E-state index in [1.807, 2.05) is 24.3 Å². The van der Waals surface area contributed by atoms with E-state index in [1.54, 1.807) is 24.1 Å². The number of carbonyl (C=O) groups is 1. The van der Waals surface area contributed by atoms with E-state index in [1.165, 1.54) is 0 Å². The van der Waals surface area contributed by atoms with E-state index < -0.39 is 0 Å². The fraction of sp³-hybridized carbons (Fsp3) is 0.353. The SMILES string of the molecule is COC1CCN(C(=O)c2cc3ccccc3cc2O)CC1. The maximum Gasteiger partial charge on any atom is 0.257 e. The summed E-state index contributed by atoms with van der Waals surface area (Å²) in [5.74, 6) is -0.0552. The minimum absolute atomic E-state index is 0.0487. The second-order valence-corrected chi connectivity index (χ2v) is 5.44. The zero-order valence-electron chi connectivity index (χ0n) is 12.1. The third-order valence-corrected chi connectivity index (χ3v) is 4.16. The predicted octanol–water partition coefficient (Wildman–Crippen LogP) is 2.80. The highest BCUT2D eigenvalue weighted by molar-refractivity contribution is 6.01. The van der Waals surface area contributed by atoms with Gasteiger partial charge in [-0.25, -0.2) is 0 Å². The van der Waals surface area contributed by atoms with E-state index >= 15 is 0 Å². The number of hydrogen-bond donors (Lipinski definition) is 1. The first-order valence-corrected chi connectivity index (χ1v) is 7.23. The van der Waals surface area contributed by atoms with E-state index in [9.17, 15) is 9.90 Å². The standard InChI is InChI=1S/C17H19NO3/c1-21-14-6-8-18(9-7-14)17(20)15-10-12-4-2-3-5-13(12)11-16(15)19/h2-5,10-11,14,19H,6-9H2,1H3. The Bertz CT molecular complexity index is 660. The summed E-state index contributed by atoms with van der Waals surface area (Å²) >= 11 is 0. The molecule has 4 nitrogen and oxygen atoms in total. The Kier molecular flexibility index (Phi) is 3.80. The molecule has 4 heteroatoms. The van der Waals surface area contributed by atoms with E-state index in [4.69, 9.17) is 4.74 Å². The van der Waals surface area contributed by atoms with Crippen LogP contribution in [0.5, 0.6) is 5.75 Å². The first kappa shape index (κ1) is 13.9. The van der Waals surface area contributed by atoms with Gasteiger partial charge in [0.25, 0.3) is 5.91 Å². The Morgan fingerprint density at radius 2 is 1.81 bits per heavy atom. The maximum absolute atomic E-state index is 12.6. The summed E-state index contributed by atoms with van der Waals surface area (Å²) in [6.07, 6.45) is 1.92. The number of rotatable bonds is 2. The number of amides is 1. The summed E-state index contributed by atoms with van der Waals surface area (Å²) in [5.41, 5.74) is 0.379. The molecule has 0 unspecified atom stereocenters. The molecule has 2 aromatic carbocycles. The van der Waals surface area contributed by atoms with E-state index in [2.05, 4.69) is 0 Å². The number of carbonyl (C=O) groups excluding carboxylic acids is 1. The van der Waals surface area contributed by atoms with Crippen molar-refractivity contribution < 1.29 is 14.6 Å². The number of hydrogen-bond acceptors (Lipinski definition) is 3. The van der Waals surface area contributed by atoms with Crippen molar-refractivity contribution in [3.8, 4) is 5.75 Å². The first-order valence-electron chi connectivity index (χ1n) is 7.23. The molecule has 0 radical (unpaired) electrons. The average Bonchev–Trinajstić information content (AvgIpc) is 2.53. The van der Waals surface area contributed by atoms with Gasteiger partial charge < -0.3 is 14.7 Å². The molecule has 21 heavy (non-hydrogen) atoms. The van der Waals surface area contributed by atoms with Crippen molar-refractivity contribution in [3.63, 3.8) is 0 Å². The third kappa shape index (κ3) is 2.72. The normalized spacial score (nSPS) is 16.3. The molecule has 1 heterocycles. The van der Waals surface area contributed by atoms with Crippen molar-refractivity contribution in [2.45, 2.75) is 18.9 Å². The number of aromatic hydroxyl groups is 1. The summed E-state index contributed by atoms with van der Waals surface area (Å²) in [7, 11) is 1.71. The van der Waals surface area contributed by atoms with Crippen molar-refractivity contribution in [3.05, 3.63) is 42.0 Å². The van der Waals surface area contributed by atoms with Crippen LogP contribution < -0.4 is 0 Å². The molecule has 0 aliphatic carbocycles. The Labute approximate surface area is 123 Å². The van der Waals surface area contributed by atoms with E-state index in [0.717, 1.165) is 23.6 Å². The third-order valence-electron chi connectivity index (χ3n) is 4.16. The van der Waals surface area contributed by atoms with Gasteiger partial charge in [-0.3, -0.25) is 4.79 Å². The minimum atomic E-state index is -0.104. The summed E-state index contributed by atoms with van der Waals surface area (Å²) in [6.45, 7) is 1.34. The Morgan fingerprint density at radius 1 is 1.19 bits per heavy atom. The van der Waals surface area contributed by atoms with Gasteiger partial charge in [0, 0.05) is 20.2 Å². The molecule has 1 aliphatic heterocycles. The van der Waals surface area contributed by atoms with Gasteiger partial charge in [0.05, 0.1) is 11.7 Å². The Morgan fingerprint density at radius 3 is 2.43 bits per heavy atom. The number of piperidine rings is 1. The molecule has 0 bridgehead atoms. The number of methoxy groups -OCH3 is 1. The van der Waals surface area contributed by atoms with Gasteiger partial charge in [-0.2, -0.15) is 0 Å². The Hall–Kier alpha value is -2.07. The van der Waals surface area contributed by atoms with Crippen molar-refractivity contribution in [1.29, 1.82) is 0 Å². The van der Waals surface area contributed by atoms with Gasteiger partial charge in [0.2, 0.25) is 0 Å². The number of phenolic OH excluding ortho intramolecular Hbond substituents is 1. The predicted molar refractivity (Wildman–Crippen MR) is 81.5 cm³/mol. The first-order chi connectivity index (χ1) is 10.2. The lowest BCUT2D eigenvalue weighted by Gasteiger charge is -2.31. The van der Waals surface area contributed by atoms with Crippen molar-refractivity contribution in [1.82, 2.24) is 4.90 Å². The summed E-state index contributed by atoms with van der Waals surface area (Å²) < 4.78 is 5.32. The van der Waals surface area contributed by atoms with Crippen LogP contribution in [0.1, 0.15) is 23.2 Å². The summed E-state index contributed by atoms with van der Waals surface area (Å²) in [4.78, 5) is 14.4. The quantitative estimate of drug-likeness (QED) is 0.923. The molecule has 1 aliphatic rings. The minimum Gasteiger partial charge on any atom is -0.507 e. The number of ether oxygens (including phenoxy) is 1. The van der Waals surface area contributed by atoms with Gasteiger partial charge in [0.15, 0.2) is 0 Å².